The van der Waals surface area contributed by atoms with Gasteiger partial charge in [-0.15, -0.1) is 0 Å². The topological polar surface area (TPSA) is 21.3 Å². The minimum Gasteiger partial charge on any atom is -0.383 e. The Hall–Kier alpha value is -0.0800. The van der Waals surface area contributed by atoms with Gasteiger partial charge in [0.2, 0.25) is 0 Å². The molecule has 0 rings (SSSR count). The molecule has 104 valence electrons. The number of ether oxygens (including phenoxy) is 1. The summed E-state index contributed by atoms with van der Waals surface area (Å²) < 4.78 is 5.57. The van der Waals surface area contributed by atoms with Gasteiger partial charge in [0.1, 0.15) is 0 Å². The van der Waals surface area contributed by atoms with Crippen molar-refractivity contribution in [1.29, 1.82) is 0 Å². The average Bonchev–Trinajstić information content (AvgIpc) is 2.35. The van der Waals surface area contributed by atoms with Gasteiger partial charge >= 0.3 is 0 Å². The lowest BCUT2D eigenvalue weighted by Crippen LogP contribution is -2.21. The maximum Gasteiger partial charge on any atom is 0.0589 e. The second-order valence-corrected chi connectivity index (χ2v) is 5.08. The van der Waals surface area contributed by atoms with Gasteiger partial charge in [-0.3, -0.25) is 0 Å². The summed E-state index contributed by atoms with van der Waals surface area (Å²) in [4.78, 5) is 0. The third-order valence-corrected chi connectivity index (χ3v) is 3.45. The zero-order valence-corrected chi connectivity index (χ0v) is 12.3. The van der Waals surface area contributed by atoms with Crippen LogP contribution in [-0.4, -0.2) is 26.3 Å². The summed E-state index contributed by atoms with van der Waals surface area (Å²) in [6.07, 6.45) is 6.23. The van der Waals surface area contributed by atoms with Crippen LogP contribution in [0.3, 0.4) is 0 Å². The minimum absolute atomic E-state index is 0.848. The van der Waals surface area contributed by atoms with Crippen molar-refractivity contribution >= 4 is 0 Å². The predicted molar refractivity (Wildman–Crippen MR) is 76.2 cm³/mol. The molecule has 1 atom stereocenters. The van der Waals surface area contributed by atoms with Crippen LogP contribution in [0.1, 0.15) is 59.8 Å². The molecule has 0 saturated carbocycles. The standard InChI is InChI=1S/C15H32NO/c1-5-14(3)8-7-10-16-11-13-17-12-9-15(4)6-2/h14,16H,5-13H2,1-4H3/q-1. The molecule has 0 bridgehead atoms. The average molecular weight is 242 g/mol. The molecule has 0 amide bonds. The predicted octanol–water partition coefficient (Wildman–Crippen LogP) is 3.81. The van der Waals surface area contributed by atoms with E-state index in [0.29, 0.717) is 0 Å². The Bertz CT molecular complexity index is 134. The van der Waals surface area contributed by atoms with Crippen molar-refractivity contribution in [2.75, 3.05) is 26.3 Å². The number of rotatable bonds is 12. The third kappa shape index (κ3) is 12.2. The summed E-state index contributed by atoms with van der Waals surface area (Å²) >= 11 is 0. The molecule has 2 heteroatoms. The van der Waals surface area contributed by atoms with Gasteiger partial charge in [0, 0.05) is 13.2 Å². The van der Waals surface area contributed by atoms with Gasteiger partial charge in [-0.25, -0.2) is 0 Å². The lowest BCUT2D eigenvalue weighted by molar-refractivity contribution is 0.135. The Morgan fingerprint density at radius 2 is 1.94 bits per heavy atom. The molecule has 17 heavy (non-hydrogen) atoms. The minimum atomic E-state index is 0.848. The molecule has 0 saturated heterocycles. The Morgan fingerprint density at radius 3 is 2.59 bits per heavy atom. The van der Waals surface area contributed by atoms with Crippen molar-refractivity contribution in [3.63, 3.8) is 0 Å². The smallest absolute Gasteiger partial charge is 0.0589 e. The van der Waals surface area contributed by atoms with Crippen molar-refractivity contribution in [3.05, 3.63) is 5.92 Å². The van der Waals surface area contributed by atoms with Gasteiger partial charge in [-0.05, 0) is 25.3 Å². The van der Waals surface area contributed by atoms with Crippen LogP contribution in [0.5, 0.6) is 0 Å². The summed E-state index contributed by atoms with van der Waals surface area (Å²) in [5, 5.41) is 3.44. The van der Waals surface area contributed by atoms with Crippen molar-refractivity contribution in [2.24, 2.45) is 5.92 Å². The molecular formula is C15H32NO-. The Balaban J connectivity index is 3.04. The Morgan fingerprint density at radius 1 is 1.18 bits per heavy atom. The molecule has 0 aliphatic carbocycles. The van der Waals surface area contributed by atoms with Crippen LogP contribution in [0.2, 0.25) is 0 Å². The highest BCUT2D eigenvalue weighted by Crippen LogP contribution is 2.08. The largest absolute Gasteiger partial charge is 0.383 e. The zero-order valence-electron chi connectivity index (χ0n) is 12.3. The molecule has 0 aromatic heterocycles. The number of nitrogens with one attached hydrogen (secondary N) is 1. The summed E-state index contributed by atoms with van der Waals surface area (Å²) in [6.45, 7) is 12.9. The van der Waals surface area contributed by atoms with Crippen molar-refractivity contribution < 1.29 is 4.74 Å². The summed E-state index contributed by atoms with van der Waals surface area (Å²) in [5.41, 5.74) is 0. The van der Waals surface area contributed by atoms with E-state index in [-0.39, 0.29) is 0 Å². The van der Waals surface area contributed by atoms with Crippen LogP contribution in [0.25, 0.3) is 0 Å². The molecule has 0 heterocycles. The summed E-state index contributed by atoms with van der Waals surface area (Å²) in [6, 6.07) is 0. The molecule has 1 N–H and O–H groups in total. The van der Waals surface area contributed by atoms with Gasteiger partial charge in [0.05, 0.1) is 6.61 Å². The van der Waals surface area contributed by atoms with E-state index < -0.39 is 0 Å². The van der Waals surface area contributed by atoms with E-state index in [9.17, 15) is 0 Å². The van der Waals surface area contributed by atoms with Crippen LogP contribution >= 0.6 is 0 Å². The fourth-order valence-electron chi connectivity index (χ4n) is 1.57. The van der Waals surface area contributed by atoms with E-state index in [1.807, 2.05) is 0 Å². The molecule has 0 aromatic carbocycles. The van der Waals surface area contributed by atoms with Crippen LogP contribution in [0.4, 0.5) is 0 Å². The second-order valence-electron chi connectivity index (χ2n) is 5.08. The molecule has 0 spiro atoms. The molecule has 2 nitrogen and oxygen atoms in total. The van der Waals surface area contributed by atoms with Gasteiger partial charge in [0.15, 0.2) is 0 Å². The first-order valence-corrected chi connectivity index (χ1v) is 7.30. The number of hydrogen-bond acceptors (Lipinski definition) is 2. The van der Waals surface area contributed by atoms with Crippen molar-refractivity contribution in [1.82, 2.24) is 5.32 Å². The van der Waals surface area contributed by atoms with Gasteiger partial charge in [0.25, 0.3) is 0 Å². The zero-order chi connectivity index (χ0) is 12.9. The molecule has 0 aliphatic rings. The molecule has 0 fully saturated rings. The van der Waals surface area contributed by atoms with E-state index in [1.54, 1.807) is 0 Å². The first kappa shape index (κ1) is 16.9. The quantitative estimate of drug-likeness (QED) is 0.415. The Labute approximate surface area is 109 Å². The maximum absolute atomic E-state index is 5.57. The fraction of sp³-hybridized carbons (Fsp3) is 0.933. The highest BCUT2D eigenvalue weighted by atomic mass is 16.5. The number of hydrogen-bond donors (Lipinski definition) is 1. The van der Waals surface area contributed by atoms with Gasteiger partial charge < -0.3 is 16.0 Å². The Kier molecular flexibility index (Phi) is 12.3. The highest BCUT2D eigenvalue weighted by molar-refractivity contribution is 4.80. The van der Waals surface area contributed by atoms with E-state index >= 15 is 0 Å². The maximum atomic E-state index is 5.57. The fourth-order valence-corrected chi connectivity index (χ4v) is 1.57. The van der Waals surface area contributed by atoms with Crippen LogP contribution in [0, 0.1) is 11.8 Å². The summed E-state index contributed by atoms with van der Waals surface area (Å²) in [5.74, 6) is 2.41. The molecule has 0 aromatic rings. The van der Waals surface area contributed by atoms with E-state index in [1.165, 1.54) is 31.6 Å². The molecular weight excluding hydrogens is 210 g/mol. The van der Waals surface area contributed by atoms with Crippen molar-refractivity contribution in [3.8, 4) is 0 Å². The van der Waals surface area contributed by atoms with Crippen LogP contribution in [-0.2, 0) is 4.74 Å². The molecule has 1 unspecified atom stereocenters. The van der Waals surface area contributed by atoms with Crippen molar-refractivity contribution in [2.45, 2.75) is 59.8 Å². The van der Waals surface area contributed by atoms with E-state index in [2.05, 4.69) is 33.0 Å². The van der Waals surface area contributed by atoms with Gasteiger partial charge in [-0.1, -0.05) is 27.2 Å². The molecule has 0 radical (unpaired) electrons. The third-order valence-electron chi connectivity index (χ3n) is 3.45. The lowest BCUT2D eigenvalue weighted by Gasteiger charge is -2.21. The van der Waals surface area contributed by atoms with Gasteiger partial charge in [-0.2, -0.15) is 19.8 Å². The highest BCUT2D eigenvalue weighted by Gasteiger charge is 1.97. The second kappa shape index (κ2) is 12.4. The summed E-state index contributed by atoms with van der Waals surface area (Å²) in [7, 11) is 0. The van der Waals surface area contributed by atoms with E-state index in [0.717, 1.165) is 38.6 Å². The monoisotopic (exact) mass is 242 g/mol. The first-order valence-electron chi connectivity index (χ1n) is 7.30. The lowest BCUT2D eigenvalue weighted by atomic mass is 10.0. The molecule has 0 aliphatic heterocycles. The SMILES string of the molecule is CC[C-](C)CCOCCNCCCC(C)CC. The van der Waals surface area contributed by atoms with Crippen LogP contribution in [0.15, 0.2) is 0 Å². The first-order chi connectivity index (χ1) is 8.20. The van der Waals surface area contributed by atoms with Crippen LogP contribution < -0.4 is 5.32 Å². The normalized spacial score (nSPS) is 13.2. The van der Waals surface area contributed by atoms with E-state index in [4.69, 9.17) is 4.74 Å².